The third-order valence-corrected chi connectivity index (χ3v) is 2.63. The van der Waals surface area contributed by atoms with Gasteiger partial charge in [0.2, 0.25) is 0 Å². The van der Waals surface area contributed by atoms with Crippen LogP contribution in [0.5, 0.6) is 0 Å². The van der Waals surface area contributed by atoms with Crippen molar-refractivity contribution in [2.45, 2.75) is 12.5 Å². The van der Waals surface area contributed by atoms with Gasteiger partial charge in [0.15, 0.2) is 0 Å². The predicted molar refractivity (Wildman–Crippen MR) is 50.6 cm³/mol. The smallest absolute Gasteiger partial charge is 0.136 e. The van der Waals surface area contributed by atoms with Gasteiger partial charge in [-0.05, 0) is 25.1 Å². The number of nitrogens with zero attached hydrogens (tertiary/aromatic N) is 2. The van der Waals surface area contributed by atoms with E-state index in [9.17, 15) is 0 Å². The highest BCUT2D eigenvalue weighted by Crippen LogP contribution is 2.22. The normalized spacial score (nSPS) is 21.7. The zero-order chi connectivity index (χ0) is 8.67. The molecule has 0 saturated carbocycles. The molecule has 1 saturated heterocycles. The van der Waals surface area contributed by atoms with Gasteiger partial charge in [-0.15, -0.1) is 0 Å². The van der Waals surface area contributed by atoms with E-state index < -0.39 is 0 Å². The van der Waals surface area contributed by atoms with E-state index >= 15 is 0 Å². The van der Waals surface area contributed by atoms with Crippen molar-refractivity contribution in [3.05, 3.63) is 36.3 Å². The molecule has 13 heavy (non-hydrogen) atoms. The van der Waals surface area contributed by atoms with Gasteiger partial charge in [-0.25, -0.2) is 4.98 Å². The average Bonchev–Trinajstić information content (AvgIpc) is 2.47. The van der Waals surface area contributed by atoms with E-state index in [1.165, 1.54) is 12.1 Å². The first-order chi connectivity index (χ1) is 6.45. The summed E-state index contributed by atoms with van der Waals surface area (Å²) >= 11 is 0. The average molecular weight is 173 g/mol. The molecule has 2 aromatic heterocycles. The Labute approximate surface area is 76.4 Å². The van der Waals surface area contributed by atoms with Crippen LogP contribution >= 0.6 is 0 Å². The van der Waals surface area contributed by atoms with Crippen molar-refractivity contribution in [2.24, 2.45) is 0 Å². The van der Waals surface area contributed by atoms with Crippen molar-refractivity contribution >= 4 is 5.65 Å². The van der Waals surface area contributed by atoms with Crippen molar-refractivity contribution in [2.75, 3.05) is 6.54 Å². The number of rotatable bonds is 1. The maximum absolute atomic E-state index is 4.34. The summed E-state index contributed by atoms with van der Waals surface area (Å²) in [7, 11) is 0. The van der Waals surface area contributed by atoms with Gasteiger partial charge in [-0.3, -0.25) is 0 Å². The zero-order valence-corrected chi connectivity index (χ0v) is 7.27. The van der Waals surface area contributed by atoms with Gasteiger partial charge in [-0.2, -0.15) is 0 Å². The molecule has 3 nitrogen and oxygen atoms in total. The molecule has 1 atom stereocenters. The van der Waals surface area contributed by atoms with Crippen LogP contribution in [0.25, 0.3) is 5.65 Å². The molecule has 1 fully saturated rings. The first-order valence-corrected chi connectivity index (χ1v) is 4.60. The summed E-state index contributed by atoms with van der Waals surface area (Å²) in [4.78, 5) is 4.34. The van der Waals surface area contributed by atoms with Crippen LogP contribution < -0.4 is 5.32 Å². The van der Waals surface area contributed by atoms with Gasteiger partial charge in [0.1, 0.15) is 5.65 Å². The molecular weight excluding hydrogens is 162 g/mol. The molecule has 66 valence electrons. The molecule has 1 unspecified atom stereocenters. The van der Waals surface area contributed by atoms with Crippen LogP contribution in [0.15, 0.2) is 30.6 Å². The minimum atomic E-state index is 0.511. The van der Waals surface area contributed by atoms with E-state index in [4.69, 9.17) is 0 Å². The summed E-state index contributed by atoms with van der Waals surface area (Å²) in [5.74, 6) is 0. The second kappa shape index (κ2) is 2.57. The third-order valence-electron chi connectivity index (χ3n) is 2.63. The van der Waals surface area contributed by atoms with E-state index in [2.05, 4.69) is 20.9 Å². The maximum atomic E-state index is 4.34. The Morgan fingerprint density at radius 3 is 3.15 bits per heavy atom. The fraction of sp³-hybridized carbons (Fsp3) is 0.300. The van der Waals surface area contributed by atoms with Gasteiger partial charge in [0, 0.05) is 6.20 Å². The highest BCUT2D eigenvalue weighted by molar-refractivity contribution is 5.40. The first kappa shape index (κ1) is 7.09. The highest BCUT2D eigenvalue weighted by atomic mass is 15.1. The molecule has 3 heterocycles. The molecule has 0 radical (unpaired) electrons. The van der Waals surface area contributed by atoms with Crippen LogP contribution in [-0.2, 0) is 0 Å². The van der Waals surface area contributed by atoms with E-state index in [0.29, 0.717) is 6.04 Å². The van der Waals surface area contributed by atoms with E-state index in [1.807, 2.05) is 24.4 Å². The largest absolute Gasteiger partial charge is 0.309 e. The van der Waals surface area contributed by atoms with E-state index in [-0.39, 0.29) is 0 Å². The Morgan fingerprint density at radius 2 is 2.38 bits per heavy atom. The molecule has 1 aliphatic rings. The number of aromatic nitrogens is 2. The molecule has 3 heteroatoms. The van der Waals surface area contributed by atoms with Crippen molar-refractivity contribution < 1.29 is 0 Å². The number of fused-ring (bicyclic) bond motifs is 1. The minimum absolute atomic E-state index is 0.511. The van der Waals surface area contributed by atoms with Gasteiger partial charge < -0.3 is 9.72 Å². The highest BCUT2D eigenvalue weighted by Gasteiger charge is 2.21. The molecule has 0 aromatic carbocycles. The summed E-state index contributed by atoms with van der Waals surface area (Å²) in [6, 6.07) is 6.59. The van der Waals surface area contributed by atoms with Crippen LogP contribution in [0.3, 0.4) is 0 Å². The number of hydrogen-bond donors (Lipinski definition) is 1. The van der Waals surface area contributed by atoms with Crippen LogP contribution in [-0.4, -0.2) is 15.9 Å². The predicted octanol–water partition coefficient (Wildman–Crippen LogP) is 1.37. The Hall–Kier alpha value is -1.35. The molecule has 0 amide bonds. The summed E-state index contributed by atoms with van der Waals surface area (Å²) < 4.78 is 2.15. The van der Waals surface area contributed by atoms with E-state index in [0.717, 1.165) is 12.2 Å². The zero-order valence-electron chi connectivity index (χ0n) is 7.27. The fourth-order valence-electron chi connectivity index (χ4n) is 1.75. The monoisotopic (exact) mass is 173 g/mol. The van der Waals surface area contributed by atoms with Gasteiger partial charge in [-0.1, -0.05) is 6.07 Å². The summed E-state index contributed by atoms with van der Waals surface area (Å²) in [6.45, 7) is 1.13. The lowest BCUT2D eigenvalue weighted by Gasteiger charge is -2.26. The summed E-state index contributed by atoms with van der Waals surface area (Å²) in [6.07, 6.45) is 5.26. The van der Waals surface area contributed by atoms with Crippen LogP contribution in [0.4, 0.5) is 0 Å². The van der Waals surface area contributed by atoms with Gasteiger partial charge in [0.05, 0.1) is 17.9 Å². The van der Waals surface area contributed by atoms with E-state index in [1.54, 1.807) is 0 Å². The Kier molecular flexibility index (Phi) is 1.40. The SMILES string of the molecule is c1ccn2c(C3CCN3)cnc2c1. The molecule has 1 aliphatic heterocycles. The Bertz CT molecular complexity index is 428. The second-order valence-corrected chi connectivity index (χ2v) is 3.41. The summed E-state index contributed by atoms with van der Waals surface area (Å²) in [5.41, 5.74) is 2.31. The Morgan fingerprint density at radius 1 is 1.46 bits per heavy atom. The second-order valence-electron chi connectivity index (χ2n) is 3.41. The van der Waals surface area contributed by atoms with Crippen molar-refractivity contribution in [1.29, 1.82) is 0 Å². The van der Waals surface area contributed by atoms with Crippen molar-refractivity contribution in [3.63, 3.8) is 0 Å². The molecule has 0 bridgehead atoms. The lowest BCUT2D eigenvalue weighted by Crippen LogP contribution is -2.35. The molecule has 0 aliphatic carbocycles. The molecule has 2 aromatic rings. The van der Waals surface area contributed by atoms with Crippen LogP contribution in [0, 0.1) is 0 Å². The molecule has 3 rings (SSSR count). The van der Waals surface area contributed by atoms with Gasteiger partial charge >= 0.3 is 0 Å². The summed E-state index contributed by atoms with van der Waals surface area (Å²) in [5, 5.41) is 3.38. The third kappa shape index (κ3) is 0.971. The standard InChI is InChI=1S/C10H11N3/c1-2-6-13-9(8-4-5-11-8)7-12-10(13)3-1/h1-3,6-8,11H,4-5H2. The maximum Gasteiger partial charge on any atom is 0.136 e. The molecule has 1 N–H and O–H groups in total. The Balaban J connectivity index is 2.17. The minimum Gasteiger partial charge on any atom is -0.309 e. The number of imidazole rings is 1. The quantitative estimate of drug-likeness (QED) is 0.705. The molecular formula is C10H11N3. The van der Waals surface area contributed by atoms with Gasteiger partial charge in [0.25, 0.3) is 0 Å². The lowest BCUT2D eigenvalue weighted by molar-refractivity contribution is 0.373. The fourth-order valence-corrected chi connectivity index (χ4v) is 1.75. The van der Waals surface area contributed by atoms with Crippen molar-refractivity contribution in [3.8, 4) is 0 Å². The van der Waals surface area contributed by atoms with Crippen molar-refractivity contribution in [1.82, 2.24) is 14.7 Å². The number of hydrogen-bond acceptors (Lipinski definition) is 2. The number of nitrogens with one attached hydrogen (secondary N) is 1. The first-order valence-electron chi connectivity index (χ1n) is 4.60. The lowest BCUT2D eigenvalue weighted by atomic mass is 10.0. The topological polar surface area (TPSA) is 29.3 Å². The van der Waals surface area contributed by atoms with Crippen LogP contribution in [0.2, 0.25) is 0 Å². The van der Waals surface area contributed by atoms with Crippen LogP contribution in [0.1, 0.15) is 18.2 Å². The molecule has 0 spiro atoms. The number of pyridine rings is 1.